The lowest BCUT2D eigenvalue weighted by Gasteiger charge is -2.18. The highest BCUT2D eigenvalue weighted by Gasteiger charge is 2.21. The van der Waals surface area contributed by atoms with Crippen LogP contribution in [0.3, 0.4) is 0 Å². The number of likely N-dealkylation sites (tertiary alicyclic amines) is 1. The van der Waals surface area contributed by atoms with Gasteiger partial charge in [0, 0.05) is 43.6 Å². The third-order valence-electron chi connectivity index (χ3n) is 3.87. The first kappa shape index (κ1) is 13.7. The van der Waals surface area contributed by atoms with Crippen LogP contribution in [-0.4, -0.2) is 36.5 Å². The topological polar surface area (TPSA) is 54.5 Å². The zero-order valence-corrected chi connectivity index (χ0v) is 12.3. The molecule has 0 spiro atoms. The molecule has 0 bridgehead atoms. The zero-order chi connectivity index (χ0) is 14.8. The Morgan fingerprint density at radius 1 is 1.38 bits per heavy atom. The monoisotopic (exact) mass is 285 g/mol. The van der Waals surface area contributed by atoms with E-state index in [-0.39, 0.29) is 5.91 Å². The standard InChI is InChI=1S/C16H19N3O2/c1-17-16-12(10-19-7-3-4-15(19)20)8-11-5-6-13(21-2)9-14(11)18-16/h5-6,8-9H,3-4,7,10H2,1-2H3,(H,17,18). The Balaban J connectivity index is 1.99. The predicted octanol–water partition coefficient (Wildman–Crippen LogP) is 2.41. The number of carbonyl (C=O) groups excluding carboxylic acids is 1. The molecule has 2 aromatic rings. The number of amides is 1. The normalized spacial score (nSPS) is 14.8. The summed E-state index contributed by atoms with van der Waals surface area (Å²) in [6.45, 7) is 1.45. The van der Waals surface area contributed by atoms with E-state index in [9.17, 15) is 4.79 Å². The molecule has 1 N–H and O–H groups in total. The molecule has 0 unspecified atom stereocenters. The number of fused-ring (bicyclic) bond motifs is 1. The van der Waals surface area contributed by atoms with Gasteiger partial charge in [0.05, 0.1) is 12.6 Å². The van der Waals surface area contributed by atoms with Crippen molar-refractivity contribution in [1.82, 2.24) is 9.88 Å². The summed E-state index contributed by atoms with van der Waals surface area (Å²) in [6, 6.07) is 7.93. The molecule has 0 aliphatic carbocycles. The van der Waals surface area contributed by atoms with Crippen LogP contribution < -0.4 is 10.1 Å². The number of methoxy groups -OCH3 is 1. The van der Waals surface area contributed by atoms with E-state index in [0.29, 0.717) is 13.0 Å². The first-order chi connectivity index (χ1) is 10.2. The van der Waals surface area contributed by atoms with Gasteiger partial charge >= 0.3 is 0 Å². The van der Waals surface area contributed by atoms with Gasteiger partial charge in [0.15, 0.2) is 0 Å². The van der Waals surface area contributed by atoms with Crippen molar-refractivity contribution < 1.29 is 9.53 Å². The van der Waals surface area contributed by atoms with Crippen molar-refractivity contribution in [2.24, 2.45) is 0 Å². The second kappa shape index (κ2) is 5.60. The van der Waals surface area contributed by atoms with E-state index in [4.69, 9.17) is 4.74 Å². The smallest absolute Gasteiger partial charge is 0.222 e. The molecule has 1 aromatic carbocycles. The minimum Gasteiger partial charge on any atom is -0.497 e. The number of benzene rings is 1. The Labute approximate surface area is 123 Å². The number of nitrogens with zero attached hydrogens (tertiary/aromatic N) is 2. The molecule has 1 fully saturated rings. The van der Waals surface area contributed by atoms with Gasteiger partial charge in [-0.3, -0.25) is 4.79 Å². The van der Waals surface area contributed by atoms with E-state index in [1.807, 2.05) is 30.1 Å². The quantitative estimate of drug-likeness (QED) is 0.937. The molecule has 1 aliphatic heterocycles. The van der Waals surface area contributed by atoms with Crippen LogP contribution in [0.25, 0.3) is 10.9 Å². The minimum absolute atomic E-state index is 0.229. The molecule has 1 aliphatic rings. The average molecular weight is 285 g/mol. The molecule has 0 saturated carbocycles. The Hall–Kier alpha value is -2.30. The predicted molar refractivity (Wildman–Crippen MR) is 82.5 cm³/mol. The second-order valence-electron chi connectivity index (χ2n) is 5.22. The molecule has 2 heterocycles. The fourth-order valence-corrected chi connectivity index (χ4v) is 2.73. The zero-order valence-electron chi connectivity index (χ0n) is 12.3. The highest BCUT2D eigenvalue weighted by atomic mass is 16.5. The number of aromatic nitrogens is 1. The molecule has 0 radical (unpaired) electrons. The van der Waals surface area contributed by atoms with Crippen LogP contribution in [0.4, 0.5) is 5.82 Å². The summed E-state index contributed by atoms with van der Waals surface area (Å²) in [6.07, 6.45) is 1.61. The third kappa shape index (κ3) is 2.63. The highest BCUT2D eigenvalue weighted by molar-refractivity contribution is 5.83. The Kier molecular flexibility index (Phi) is 3.64. The van der Waals surface area contributed by atoms with Gasteiger partial charge in [-0.25, -0.2) is 4.98 Å². The van der Waals surface area contributed by atoms with Crippen molar-refractivity contribution in [3.05, 3.63) is 29.8 Å². The third-order valence-corrected chi connectivity index (χ3v) is 3.87. The summed E-state index contributed by atoms with van der Waals surface area (Å²) < 4.78 is 5.23. The number of ether oxygens (including phenoxy) is 1. The summed E-state index contributed by atoms with van der Waals surface area (Å²) in [7, 11) is 3.50. The molecule has 21 heavy (non-hydrogen) atoms. The highest BCUT2D eigenvalue weighted by Crippen LogP contribution is 2.26. The lowest BCUT2D eigenvalue weighted by molar-refractivity contribution is -0.128. The lowest BCUT2D eigenvalue weighted by Crippen LogP contribution is -2.24. The largest absolute Gasteiger partial charge is 0.497 e. The van der Waals surface area contributed by atoms with Crippen LogP contribution in [-0.2, 0) is 11.3 Å². The van der Waals surface area contributed by atoms with E-state index in [2.05, 4.69) is 16.4 Å². The number of hydrogen-bond acceptors (Lipinski definition) is 4. The van der Waals surface area contributed by atoms with Crippen LogP contribution in [0, 0.1) is 0 Å². The molecular weight excluding hydrogens is 266 g/mol. The van der Waals surface area contributed by atoms with Gasteiger partial charge in [-0.2, -0.15) is 0 Å². The first-order valence-electron chi connectivity index (χ1n) is 7.14. The van der Waals surface area contributed by atoms with E-state index < -0.39 is 0 Å². The average Bonchev–Trinajstić information content (AvgIpc) is 2.91. The van der Waals surface area contributed by atoms with Crippen LogP contribution in [0.5, 0.6) is 5.75 Å². The molecule has 0 atom stereocenters. The van der Waals surface area contributed by atoms with E-state index in [1.54, 1.807) is 7.11 Å². The van der Waals surface area contributed by atoms with E-state index in [1.165, 1.54) is 0 Å². The van der Waals surface area contributed by atoms with Crippen molar-refractivity contribution in [2.75, 3.05) is 26.0 Å². The number of nitrogens with one attached hydrogen (secondary N) is 1. The van der Waals surface area contributed by atoms with Crippen molar-refractivity contribution in [2.45, 2.75) is 19.4 Å². The SMILES string of the molecule is CNc1nc2cc(OC)ccc2cc1CN1CCCC1=O. The van der Waals surface area contributed by atoms with Crippen LogP contribution in [0.1, 0.15) is 18.4 Å². The van der Waals surface area contributed by atoms with Gasteiger partial charge in [0.25, 0.3) is 0 Å². The molecule has 5 heteroatoms. The maximum Gasteiger partial charge on any atom is 0.222 e. The Morgan fingerprint density at radius 2 is 2.24 bits per heavy atom. The number of carbonyl (C=O) groups is 1. The summed E-state index contributed by atoms with van der Waals surface area (Å²) in [5, 5.41) is 4.18. The van der Waals surface area contributed by atoms with Crippen LogP contribution >= 0.6 is 0 Å². The van der Waals surface area contributed by atoms with Gasteiger partial charge in [0.2, 0.25) is 5.91 Å². The van der Waals surface area contributed by atoms with Crippen molar-refractivity contribution in [1.29, 1.82) is 0 Å². The second-order valence-corrected chi connectivity index (χ2v) is 5.22. The molecule has 1 saturated heterocycles. The van der Waals surface area contributed by atoms with Gasteiger partial charge in [-0.05, 0) is 24.6 Å². The first-order valence-corrected chi connectivity index (χ1v) is 7.14. The van der Waals surface area contributed by atoms with Gasteiger partial charge in [-0.1, -0.05) is 0 Å². The van der Waals surface area contributed by atoms with Gasteiger partial charge < -0.3 is 15.0 Å². The maximum absolute atomic E-state index is 11.8. The summed E-state index contributed by atoms with van der Waals surface area (Å²) in [5.74, 6) is 1.84. The molecule has 1 aromatic heterocycles. The van der Waals surface area contributed by atoms with Crippen LogP contribution in [0.15, 0.2) is 24.3 Å². The number of hydrogen-bond donors (Lipinski definition) is 1. The molecule has 1 amide bonds. The van der Waals surface area contributed by atoms with Crippen molar-refractivity contribution >= 4 is 22.6 Å². The number of anilines is 1. The summed E-state index contributed by atoms with van der Waals surface area (Å²) in [5.41, 5.74) is 1.93. The summed E-state index contributed by atoms with van der Waals surface area (Å²) >= 11 is 0. The van der Waals surface area contributed by atoms with Gasteiger partial charge in [0.1, 0.15) is 11.6 Å². The fourth-order valence-electron chi connectivity index (χ4n) is 2.73. The van der Waals surface area contributed by atoms with Crippen molar-refractivity contribution in [3.63, 3.8) is 0 Å². The van der Waals surface area contributed by atoms with Crippen molar-refractivity contribution in [3.8, 4) is 5.75 Å². The molecule has 5 nitrogen and oxygen atoms in total. The fraction of sp³-hybridized carbons (Fsp3) is 0.375. The molecule has 3 rings (SSSR count). The van der Waals surface area contributed by atoms with E-state index in [0.717, 1.165) is 41.0 Å². The van der Waals surface area contributed by atoms with Gasteiger partial charge in [-0.15, -0.1) is 0 Å². The molecule has 110 valence electrons. The number of rotatable bonds is 4. The Bertz CT molecular complexity index is 685. The molecular formula is C16H19N3O2. The lowest BCUT2D eigenvalue weighted by atomic mass is 10.1. The minimum atomic E-state index is 0.229. The van der Waals surface area contributed by atoms with Crippen LogP contribution in [0.2, 0.25) is 0 Å². The maximum atomic E-state index is 11.8. The van der Waals surface area contributed by atoms with E-state index >= 15 is 0 Å². The summed E-state index contributed by atoms with van der Waals surface area (Å²) in [4.78, 5) is 18.3. The number of pyridine rings is 1. The Morgan fingerprint density at radius 3 is 2.90 bits per heavy atom.